The number of hydrogen-bond donors (Lipinski definition) is 1. The molecule has 1 atom stereocenters. The van der Waals surface area contributed by atoms with Crippen molar-refractivity contribution in [3.8, 4) is 11.6 Å². The zero-order valence-electron chi connectivity index (χ0n) is 14.9. The molecule has 3 heterocycles. The molecule has 4 rings (SSSR count). The van der Waals surface area contributed by atoms with Gasteiger partial charge in [0.2, 0.25) is 0 Å². The van der Waals surface area contributed by atoms with Gasteiger partial charge in [-0.05, 0) is 24.3 Å². The number of carbonyl (C=O) groups is 1. The Morgan fingerprint density at radius 2 is 2.00 bits per heavy atom. The number of fused-ring (bicyclic) bond motifs is 1. The van der Waals surface area contributed by atoms with E-state index in [-0.39, 0.29) is 5.56 Å². The molecule has 1 unspecified atom stereocenters. The summed E-state index contributed by atoms with van der Waals surface area (Å²) >= 11 is 0. The molecule has 1 aliphatic rings. The highest BCUT2D eigenvalue weighted by atomic mass is 19.1. The first-order valence-electron chi connectivity index (χ1n) is 8.53. The van der Waals surface area contributed by atoms with Crippen LogP contribution in [-0.4, -0.2) is 44.7 Å². The van der Waals surface area contributed by atoms with Crippen molar-refractivity contribution < 1.29 is 19.0 Å². The second-order valence-electron chi connectivity index (χ2n) is 6.20. The van der Waals surface area contributed by atoms with Crippen LogP contribution in [0.1, 0.15) is 27.8 Å². The lowest BCUT2D eigenvalue weighted by molar-refractivity contribution is 0.0695. The van der Waals surface area contributed by atoms with Gasteiger partial charge in [0.05, 0.1) is 11.3 Å². The number of ether oxygens (including phenoxy) is 1. The molecule has 0 radical (unpaired) electrons. The van der Waals surface area contributed by atoms with E-state index in [0.717, 1.165) is 17.3 Å². The summed E-state index contributed by atoms with van der Waals surface area (Å²) in [7, 11) is 1.53. The van der Waals surface area contributed by atoms with E-state index < -0.39 is 18.0 Å². The normalized spacial score (nSPS) is 15.9. The second kappa shape index (κ2) is 7.28. The van der Waals surface area contributed by atoms with E-state index in [4.69, 9.17) is 4.74 Å². The predicted octanol–water partition coefficient (Wildman–Crippen LogP) is 2.48. The Balaban J connectivity index is 1.71. The van der Waals surface area contributed by atoms with Gasteiger partial charge in [0.1, 0.15) is 5.82 Å². The zero-order valence-corrected chi connectivity index (χ0v) is 14.9. The lowest BCUT2D eigenvalue weighted by Gasteiger charge is -2.37. The minimum Gasteiger partial charge on any atom is -0.478 e. The summed E-state index contributed by atoms with van der Waals surface area (Å²) in [5.74, 6) is -0.967. The predicted molar refractivity (Wildman–Crippen MR) is 97.2 cm³/mol. The number of carboxylic acids is 1. The van der Waals surface area contributed by atoms with Gasteiger partial charge < -0.3 is 14.7 Å². The first-order chi connectivity index (χ1) is 13.6. The van der Waals surface area contributed by atoms with E-state index in [9.17, 15) is 14.3 Å². The Bertz CT molecular complexity index is 1030. The number of methoxy groups -OCH3 is 1. The van der Waals surface area contributed by atoms with Crippen LogP contribution in [0.3, 0.4) is 0 Å². The first-order valence-corrected chi connectivity index (χ1v) is 8.53. The fraction of sp³-hybridized carbons (Fsp3) is 0.211. The Morgan fingerprint density at radius 1 is 1.21 bits per heavy atom. The van der Waals surface area contributed by atoms with Crippen molar-refractivity contribution in [1.82, 2.24) is 19.9 Å². The third-order valence-corrected chi connectivity index (χ3v) is 4.49. The highest BCUT2D eigenvalue weighted by molar-refractivity contribution is 5.89. The molecule has 3 aromatic rings. The third-order valence-electron chi connectivity index (χ3n) is 4.49. The maximum absolute atomic E-state index is 13.9. The Kier molecular flexibility index (Phi) is 4.66. The molecular weight excluding hydrogens is 365 g/mol. The number of halogens is 1. The summed E-state index contributed by atoms with van der Waals surface area (Å²) < 4.78 is 19.6. The van der Waals surface area contributed by atoms with E-state index in [0.29, 0.717) is 30.3 Å². The number of rotatable bonds is 4. The number of benzene rings is 1. The lowest BCUT2D eigenvalue weighted by atomic mass is 10.0. The molecule has 0 bridgehead atoms. The molecule has 1 aliphatic heterocycles. The highest BCUT2D eigenvalue weighted by Gasteiger charge is 2.30. The molecule has 142 valence electrons. The molecular formula is C19H16FN5O3. The van der Waals surface area contributed by atoms with Crippen LogP contribution in [0.2, 0.25) is 0 Å². The maximum Gasteiger partial charge on any atom is 0.335 e. The van der Waals surface area contributed by atoms with Gasteiger partial charge in [-0.15, -0.1) is 0 Å². The topological polar surface area (TPSA) is 101 Å². The first kappa shape index (κ1) is 17.9. The number of hydrogen-bond acceptors (Lipinski definition) is 7. The van der Waals surface area contributed by atoms with Crippen LogP contribution in [0.25, 0.3) is 11.6 Å². The largest absolute Gasteiger partial charge is 0.478 e. The number of anilines is 1. The molecule has 0 amide bonds. The van der Waals surface area contributed by atoms with Crippen molar-refractivity contribution in [3.05, 3.63) is 65.5 Å². The fourth-order valence-corrected chi connectivity index (χ4v) is 3.25. The van der Waals surface area contributed by atoms with Crippen molar-refractivity contribution >= 4 is 11.7 Å². The average molecular weight is 381 g/mol. The van der Waals surface area contributed by atoms with Crippen molar-refractivity contribution in [1.29, 1.82) is 0 Å². The average Bonchev–Trinajstić information content (AvgIpc) is 2.72. The van der Waals surface area contributed by atoms with Crippen molar-refractivity contribution in [2.45, 2.75) is 12.6 Å². The minimum absolute atomic E-state index is 0.122. The molecule has 0 saturated heterocycles. The third kappa shape index (κ3) is 3.27. The molecule has 8 nitrogen and oxygen atoms in total. The van der Waals surface area contributed by atoms with E-state index in [1.165, 1.54) is 19.2 Å². The van der Waals surface area contributed by atoms with Crippen LogP contribution in [0.15, 0.2) is 42.9 Å². The van der Waals surface area contributed by atoms with Gasteiger partial charge in [0.15, 0.2) is 17.9 Å². The number of carboxylic acid groups (broad SMARTS) is 1. The Labute approximate surface area is 159 Å². The number of nitrogens with zero attached hydrogens (tertiary/aromatic N) is 5. The van der Waals surface area contributed by atoms with Crippen LogP contribution in [0.4, 0.5) is 10.1 Å². The van der Waals surface area contributed by atoms with Gasteiger partial charge in [-0.1, -0.05) is 0 Å². The van der Waals surface area contributed by atoms with Crippen molar-refractivity contribution in [2.75, 3.05) is 18.6 Å². The van der Waals surface area contributed by atoms with Crippen LogP contribution in [-0.2, 0) is 11.2 Å². The van der Waals surface area contributed by atoms with Gasteiger partial charge in [0, 0.05) is 49.9 Å². The van der Waals surface area contributed by atoms with Crippen molar-refractivity contribution in [2.24, 2.45) is 0 Å². The van der Waals surface area contributed by atoms with Crippen LogP contribution >= 0.6 is 0 Å². The quantitative estimate of drug-likeness (QED) is 0.736. The summed E-state index contributed by atoms with van der Waals surface area (Å²) in [5.41, 5.74) is 1.82. The summed E-state index contributed by atoms with van der Waals surface area (Å²) in [6.07, 6.45) is 4.87. The van der Waals surface area contributed by atoms with Gasteiger partial charge in [-0.2, -0.15) is 0 Å². The maximum atomic E-state index is 13.9. The SMILES string of the molecule is COC1c2cnc(-c3ncccn3)nc2CCN1c1cc(F)cc(C(=O)O)c1. The van der Waals surface area contributed by atoms with Gasteiger partial charge >= 0.3 is 5.97 Å². The van der Waals surface area contributed by atoms with Crippen LogP contribution in [0.5, 0.6) is 0 Å². The number of aromatic nitrogens is 4. The van der Waals surface area contributed by atoms with Crippen LogP contribution in [0, 0.1) is 5.82 Å². The monoisotopic (exact) mass is 381 g/mol. The second-order valence-corrected chi connectivity index (χ2v) is 6.20. The summed E-state index contributed by atoms with van der Waals surface area (Å²) in [6.45, 7) is 0.472. The smallest absolute Gasteiger partial charge is 0.335 e. The van der Waals surface area contributed by atoms with E-state index in [2.05, 4.69) is 19.9 Å². The zero-order chi connectivity index (χ0) is 19.7. The molecule has 0 spiro atoms. The Morgan fingerprint density at radius 3 is 2.71 bits per heavy atom. The number of aromatic carboxylic acids is 1. The van der Waals surface area contributed by atoms with E-state index in [1.54, 1.807) is 29.6 Å². The van der Waals surface area contributed by atoms with Gasteiger partial charge in [-0.25, -0.2) is 29.1 Å². The molecule has 28 heavy (non-hydrogen) atoms. The minimum atomic E-state index is -1.19. The molecule has 0 aliphatic carbocycles. The molecule has 1 N–H and O–H groups in total. The summed E-state index contributed by atoms with van der Waals surface area (Å²) in [5, 5.41) is 9.20. The van der Waals surface area contributed by atoms with Crippen LogP contribution < -0.4 is 4.90 Å². The molecule has 2 aromatic heterocycles. The molecule has 0 saturated carbocycles. The summed E-state index contributed by atoms with van der Waals surface area (Å²) in [4.78, 5) is 30.3. The molecule has 0 fully saturated rings. The standard InChI is InChI=1S/C19H16FN5O3/c1-28-18-14-10-23-17(16-21-4-2-5-22-16)24-15(14)3-6-25(18)13-8-11(19(26)27)7-12(20)9-13/h2,4-5,7-10,18H,3,6H2,1H3,(H,26,27). The van der Waals surface area contributed by atoms with E-state index >= 15 is 0 Å². The molecule has 1 aromatic carbocycles. The summed E-state index contributed by atoms with van der Waals surface area (Å²) in [6, 6.07) is 5.41. The van der Waals surface area contributed by atoms with E-state index in [1.807, 2.05) is 0 Å². The van der Waals surface area contributed by atoms with Gasteiger partial charge in [0.25, 0.3) is 0 Å². The highest BCUT2D eigenvalue weighted by Crippen LogP contribution is 2.34. The van der Waals surface area contributed by atoms with Gasteiger partial charge in [-0.3, -0.25) is 0 Å². The molecule has 9 heteroatoms. The lowest BCUT2D eigenvalue weighted by Crippen LogP contribution is -2.37. The fourth-order valence-electron chi connectivity index (χ4n) is 3.25. The van der Waals surface area contributed by atoms with Crippen molar-refractivity contribution in [3.63, 3.8) is 0 Å². The Hall–Kier alpha value is -3.46.